The molecule has 0 amide bonds. The van der Waals surface area contributed by atoms with Gasteiger partial charge in [-0.05, 0) is 31.1 Å². The molecule has 1 aliphatic rings. The molecule has 2 rings (SSSR count). The van der Waals surface area contributed by atoms with Crippen molar-refractivity contribution in [2.75, 3.05) is 0 Å². The van der Waals surface area contributed by atoms with Crippen LogP contribution in [0.4, 0.5) is 0 Å². The Morgan fingerprint density at radius 3 is 2.50 bits per heavy atom. The molecule has 0 heterocycles. The van der Waals surface area contributed by atoms with Crippen molar-refractivity contribution >= 4 is 5.97 Å². The summed E-state index contributed by atoms with van der Waals surface area (Å²) in [7, 11) is 0. The summed E-state index contributed by atoms with van der Waals surface area (Å²) in [6.45, 7) is 0. The van der Waals surface area contributed by atoms with Gasteiger partial charge in [0, 0.05) is 0 Å². The number of ether oxygens (including phenoxy) is 1. The van der Waals surface area contributed by atoms with Crippen LogP contribution in [0.1, 0.15) is 42.5 Å². The second kappa shape index (κ2) is 5.83. The van der Waals surface area contributed by atoms with Gasteiger partial charge in [0.25, 0.3) is 0 Å². The third-order valence-corrected chi connectivity index (χ3v) is 3.28. The van der Waals surface area contributed by atoms with Gasteiger partial charge < -0.3 is 9.84 Å². The molecule has 1 aromatic carbocycles. The third kappa shape index (κ3) is 3.44. The lowest BCUT2D eigenvalue weighted by Gasteiger charge is -2.28. The summed E-state index contributed by atoms with van der Waals surface area (Å²) in [4.78, 5) is 11.6. The SMILES string of the molecule is O=C(O/C=C\C1(O)CCCCC1)c1ccccc1. The summed E-state index contributed by atoms with van der Waals surface area (Å²) in [6, 6.07) is 8.82. The Balaban J connectivity index is 1.89. The first-order valence-electron chi connectivity index (χ1n) is 6.36. The maximum absolute atomic E-state index is 11.6. The summed E-state index contributed by atoms with van der Waals surface area (Å²) in [5, 5.41) is 10.2. The molecule has 1 aromatic rings. The molecule has 0 aliphatic heterocycles. The molecule has 0 bridgehead atoms. The highest BCUT2D eigenvalue weighted by atomic mass is 16.5. The molecular formula is C15H18O3. The zero-order chi connectivity index (χ0) is 12.8. The van der Waals surface area contributed by atoms with Crippen LogP contribution in [0.25, 0.3) is 0 Å². The lowest BCUT2D eigenvalue weighted by atomic mass is 9.85. The smallest absolute Gasteiger partial charge is 0.342 e. The van der Waals surface area contributed by atoms with Crippen molar-refractivity contribution in [2.45, 2.75) is 37.7 Å². The van der Waals surface area contributed by atoms with Crippen molar-refractivity contribution in [3.63, 3.8) is 0 Å². The van der Waals surface area contributed by atoms with Crippen molar-refractivity contribution in [3.05, 3.63) is 48.2 Å². The van der Waals surface area contributed by atoms with Crippen LogP contribution in [0, 0.1) is 0 Å². The second-order valence-corrected chi connectivity index (χ2v) is 4.74. The van der Waals surface area contributed by atoms with Crippen LogP contribution in [-0.2, 0) is 4.74 Å². The minimum atomic E-state index is -0.796. The fourth-order valence-corrected chi connectivity index (χ4v) is 2.20. The van der Waals surface area contributed by atoms with Gasteiger partial charge in [-0.3, -0.25) is 0 Å². The van der Waals surface area contributed by atoms with Gasteiger partial charge in [0.05, 0.1) is 17.4 Å². The minimum absolute atomic E-state index is 0.397. The van der Waals surface area contributed by atoms with Crippen LogP contribution in [0.2, 0.25) is 0 Å². The number of aliphatic hydroxyl groups is 1. The van der Waals surface area contributed by atoms with E-state index in [4.69, 9.17) is 4.74 Å². The van der Waals surface area contributed by atoms with Crippen LogP contribution in [0.5, 0.6) is 0 Å². The number of hydrogen-bond donors (Lipinski definition) is 1. The van der Waals surface area contributed by atoms with E-state index in [9.17, 15) is 9.90 Å². The predicted octanol–water partition coefficient (Wildman–Crippen LogP) is 3.05. The van der Waals surface area contributed by atoms with E-state index < -0.39 is 11.6 Å². The van der Waals surface area contributed by atoms with Crippen molar-refractivity contribution in [1.29, 1.82) is 0 Å². The van der Waals surface area contributed by atoms with Crippen LogP contribution in [-0.4, -0.2) is 16.7 Å². The van der Waals surface area contributed by atoms with Crippen molar-refractivity contribution in [1.82, 2.24) is 0 Å². The molecule has 1 fully saturated rings. The number of esters is 1. The molecule has 0 spiro atoms. The lowest BCUT2D eigenvalue weighted by molar-refractivity contribution is 0.0465. The Hall–Kier alpha value is -1.61. The first-order valence-corrected chi connectivity index (χ1v) is 6.36. The molecule has 18 heavy (non-hydrogen) atoms. The summed E-state index contributed by atoms with van der Waals surface area (Å²) >= 11 is 0. The fourth-order valence-electron chi connectivity index (χ4n) is 2.20. The number of carbonyl (C=O) groups excluding carboxylic acids is 1. The molecule has 0 radical (unpaired) electrons. The Morgan fingerprint density at radius 1 is 1.17 bits per heavy atom. The van der Waals surface area contributed by atoms with Crippen LogP contribution in [0.3, 0.4) is 0 Å². The normalized spacial score (nSPS) is 18.7. The zero-order valence-corrected chi connectivity index (χ0v) is 10.3. The maximum atomic E-state index is 11.6. The molecule has 0 aromatic heterocycles. The second-order valence-electron chi connectivity index (χ2n) is 4.74. The summed E-state index contributed by atoms with van der Waals surface area (Å²) in [5.74, 6) is -0.397. The molecule has 0 unspecified atom stereocenters. The number of hydrogen-bond acceptors (Lipinski definition) is 3. The van der Waals surface area contributed by atoms with Gasteiger partial charge in [0.1, 0.15) is 0 Å². The van der Waals surface area contributed by atoms with E-state index in [0.717, 1.165) is 25.7 Å². The first-order chi connectivity index (χ1) is 8.70. The zero-order valence-electron chi connectivity index (χ0n) is 10.3. The van der Waals surface area contributed by atoms with Crippen molar-refractivity contribution in [3.8, 4) is 0 Å². The molecule has 0 atom stereocenters. The standard InChI is InChI=1S/C15H18O3/c16-14(13-7-3-1-4-8-13)18-12-11-15(17)9-5-2-6-10-15/h1,3-4,7-8,11-12,17H,2,5-6,9-10H2/b12-11-. The highest BCUT2D eigenvalue weighted by molar-refractivity contribution is 5.89. The van der Waals surface area contributed by atoms with Gasteiger partial charge in [-0.2, -0.15) is 0 Å². The largest absolute Gasteiger partial charge is 0.431 e. The summed E-state index contributed by atoms with van der Waals surface area (Å²) < 4.78 is 5.02. The predicted molar refractivity (Wildman–Crippen MR) is 69.0 cm³/mol. The van der Waals surface area contributed by atoms with E-state index in [-0.39, 0.29) is 0 Å². The van der Waals surface area contributed by atoms with Gasteiger partial charge in [-0.15, -0.1) is 0 Å². The fraction of sp³-hybridized carbons (Fsp3) is 0.400. The molecule has 1 N–H and O–H groups in total. The summed E-state index contributed by atoms with van der Waals surface area (Å²) in [5.41, 5.74) is -0.285. The highest BCUT2D eigenvalue weighted by Crippen LogP contribution is 2.29. The van der Waals surface area contributed by atoms with Gasteiger partial charge in [0.2, 0.25) is 0 Å². The van der Waals surface area contributed by atoms with Gasteiger partial charge in [-0.25, -0.2) is 4.79 Å². The van der Waals surface area contributed by atoms with Crippen LogP contribution in [0.15, 0.2) is 42.7 Å². The van der Waals surface area contributed by atoms with E-state index in [2.05, 4.69) is 0 Å². The van der Waals surface area contributed by atoms with Gasteiger partial charge in [0.15, 0.2) is 0 Å². The van der Waals surface area contributed by atoms with E-state index in [1.165, 1.54) is 12.7 Å². The van der Waals surface area contributed by atoms with E-state index in [1.807, 2.05) is 6.07 Å². The van der Waals surface area contributed by atoms with E-state index in [0.29, 0.717) is 5.56 Å². The van der Waals surface area contributed by atoms with E-state index >= 15 is 0 Å². The molecule has 0 saturated heterocycles. The Labute approximate surface area is 107 Å². The van der Waals surface area contributed by atoms with Gasteiger partial charge in [-0.1, -0.05) is 37.5 Å². The van der Waals surface area contributed by atoms with Crippen LogP contribution < -0.4 is 0 Å². The quantitative estimate of drug-likeness (QED) is 0.658. The summed E-state index contributed by atoms with van der Waals surface area (Å²) in [6.07, 6.45) is 7.62. The first kappa shape index (κ1) is 12.8. The Bertz CT molecular complexity index is 417. The van der Waals surface area contributed by atoms with Crippen molar-refractivity contribution < 1.29 is 14.6 Å². The Morgan fingerprint density at radius 2 is 1.83 bits per heavy atom. The molecular weight excluding hydrogens is 228 g/mol. The van der Waals surface area contributed by atoms with Crippen LogP contribution >= 0.6 is 0 Å². The molecule has 96 valence electrons. The minimum Gasteiger partial charge on any atom is -0.431 e. The lowest BCUT2D eigenvalue weighted by Crippen LogP contribution is -2.28. The average Bonchev–Trinajstić information content (AvgIpc) is 2.40. The molecule has 1 saturated carbocycles. The molecule has 3 nitrogen and oxygen atoms in total. The monoisotopic (exact) mass is 246 g/mol. The van der Waals surface area contributed by atoms with Gasteiger partial charge >= 0.3 is 5.97 Å². The number of rotatable bonds is 3. The third-order valence-electron chi connectivity index (χ3n) is 3.28. The highest BCUT2D eigenvalue weighted by Gasteiger charge is 2.26. The maximum Gasteiger partial charge on any atom is 0.342 e. The van der Waals surface area contributed by atoms with Crippen molar-refractivity contribution in [2.24, 2.45) is 0 Å². The van der Waals surface area contributed by atoms with E-state index in [1.54, 1.807) is 30.3 Å². The topological polar surface area (TPSA) is 46.5 Å². The number of carbonyl (C=O) groups is 1. The molecule has 1 aliphatic carbocycles. The molecule has 3 heteroatoms. The average molecular weight is 246 g/mol. The Kier molecular flexibility index (Phi) is 4.15. The number of benzene rings is 1.